The van der Waals surface area contributed by atoms with Crippen LogP contribution < -0.4 is 5.73 Å². The lowest BCUT2D eigenvalue weighted by Gasteiger charge is -2.18. The minimum Gasteiger partial charge on any atom is -0.341 e. The maximum Gasteiger partial charge on any atom is 0.222 e. The molecule has 0 bridgehead atoms. The standard InChI is InChI=1S/C14H22N2O2S.ClH/c1-11(15)4-9-14(17)16(2)10-12-5-7-13(8-6-12)19(3)18;/h5-8,11H,4,9-10,15H2,1-3H3;1H. The Kier molecular flexibility index (Phi) is 8.69. The van der Waals surface area contributed by atoms with Crippen molar-refractivity contribution < 1.29 is 9.00 Å². The average molecular weight is 319 g/mol. The van der Waals surface area contributed by atoms with Crippen molar-refractivity contribution in [1.29, 1.82) is 0 Å². The first-order valence-electron chi connectivity index (χ1n) is 6.32. The zero-order valence-electron chi connectivity index (χ0n) is 12.2. The summed E-state index contributed by atoms with van der Waals surface area (Å²) in [6, 6.07) is 7.55. The van der Waals surface area contributed by atoms with Gasteiger partial charge in [0.1, 0.15) is 0 Å². The normalized spacial score (nSPS) is 13.2. The molecule has 0 radical (unpaired) electrons. The first-order chi connectivity index (χ1) is 8.90. The van der Waals surface area contributed by atoms with Crippen LogP contribution in [0.15, 0.2) is 29.2 Å². The third-order valence-electron chi connectivity index (χ3n) is 2.91. The van der Waals surface area contributed by atoms with Crippen LogP contribution >= 0.6 is 12.4 Å². The van der Waals surface area contributed by atoms with Crippen molar-refractivity contribution in [2.45, 2.75) is 37.2 Å². The van der Waals surface area contributed by atoms with Gasteiger partial charge in [0.25, 0.3) is 0 Å². The Bertz CT molecular complexity index is 449. The molecular formula is C14H23ClN2O2S. The number of hydrogen-bond donors (Lipinski definition) is 1. The highest BCUT2D eigenvalue weighted by atomic mass is 35.5. The summed E-state index contributed by atoms with van der Waals surface area (Å²) >= 11 is 0. The number of carbonyl (C=O) groups is 1. The molecule has 0 heterocycles. The van der Waals surface area contributed by atoms with Crippen molar-refractivity contribution in [1.82, 2.24) is 4.90 Å². The van der Waals surface area contributed by atoms with Gasteiger partial charge in [0, 0.05) is 48.0 Å². The van der Waals surface area contributed by atoms with Crippen molar-refractivity contribution in [3.63, 3.8) is 0 Å². The van der Waals surface area contributed by atoms with Crippen LogP contribution in [-0.2, 0) is 22.1 Å². The topological polar surface area (TPSA) is 63.4 Å². The molecule has 2 unspecified atom stereocenters. The smallest absolute Gasteiger partial charge is 0.222 e. The third-order valence-corrected chi connectivity index (χ3v) is 3.85. The van der Waals surface area contributed by atoms with Crippen LogP contribution in [0, 0.1) is 0 Å². The van der Waals surface area contributed by atoms with Crippen LogP contribution in [0.2, 0.25) is 0 Å². The number of halogens is 1. The predicted molar refractivity (Wildman–Crippen MR) is 85.4 cm³/mol. The van der Waals surface area contributed by atoms with Crippen LogP contribution in [-0.4, -0.2) is 34.4 Å². The summed E-state index contributed by atoms with van der Waals surface area (Å²) in [4.78, 5) is 14.3. The molecule has 1 aromatic carbocycles. The van der Waals surface area contributed by atoms with Gasteiger partial charge in [0.15, 0.2) is 0 Å². The molecule has 0 spiro atoms. The van der Waals surface area contributed by atoms with E-state index in [2.05, 4.69) is 0 Å². The fourth-order valence-electron chi connectivity index (χ4n) is 1.69. The lowest BCUT2D eigenvalue weighted by molar-refractivity contribution is -0.130. The fraction of sp³-hybridized carbons (Fsp3) is 0.500. The van der Waals surface area contributed by atoms with E-state index in [1.807, 2.05) is 31.2 Å². The number of rotatable bonds is 6. The van der Waals surface area contributed by atoms with Crippen LogP contribution in [0.3, 0.4) is 0 Å². The van der Waals surface area contributed by atoms with E-state index >= 15 is 0 Å². The molecule has 0 fully saturated rings. The molecule has 20 heavy (non-hydrogen) atoms. The second kappa shape index (κ2) is 9.10. The molecule has 1 rings (SSSR count). The Hall–Kier alpha value is -0.910. The minimum absolute atomic E-state index is 0. The Labute approximate surface area is 129 Å². The Morgan fingerprint density at radius 3 is 2.35 bits per heavy atom. The van der Waals surface area contributed by atoms with Crippen molar-refractivity contribution >= 4 is 29.1 Å². The zero-order chi connectivity index (χ0) is 14.4. The number of carbonyl (C=O) groups excluding carboxylic acids is 1. The van der Waals surface area contributed by atoms with E-state index in [9.17, 15) is 9.00 Å². The molecule has 4 nitrogen and oxygen atoms in total. The van der Waals surface area contributed by atoms with Gasteiger partial charge in [-0.25, -0.2) is 0 Å². The maximum absolute atomic E-state index is 11.8. The van der Waals surface area contributed by atoms with E-state index < -0.39 is 10.8 Å². The predicted octanol–water partition coefficient (Wildman–Crippen LogP) is 1.93. The number of nitrogens with zero attached hydrogens (tertiary/aromatic N) is 1. The first-order valence-corrected chi connectivity index (χ1v) is 7.88. The molecule has 0 aliphatic heterocycles. The highest BCUT2D eigenvalue weighted by Crippen LogP contribution is 2.10. The zero-order valence-corrected chi connectivity index (χ0v) is 13.8. The molecule has 6 heteroatoms. The molecule has 2 atom stereocenters. The molecule has 0 saturated carbocycles. The van der Waals surface area contributed by atoms with E-state index in [1.165, 1.54) is 0 Å². The molecule has 0 saturated heterocycles. The van der Waals surface area contributed by atoms with E-state index in [0.29, 0.717) is 19.4 Å². The second-order valence-corrected chi connectivity index (χ2v) is 6.24. The van der Waals surface area contributed by atoms with Gasteiger partial charge in [-0.2, -0.15) is 0 Å². The first kappa shape index (κ1) is 19.1. The van der Waals surface area contributed by atoms with E-state index in [1.54, 1.807) is 18.2 Å². The average Bonchev–Trinajstić information content (AvgIpc) is 2.36. The summed E-state index contributed by atoms with van der Waals surface area (Å²) in [6.45, 7) is 2.46. The van der Waals surface area contributed by atoms with Crippen LogP contribution in [0.25, 0.3) is 0 Å². The number of nitrogens with two attached hydrogens (primary N) is 1. The van der Waals surface area contributed by atoms with Gasteiger partial charge in [-0.1, -0.05) is 12.1 Å². The quantitative estimate of drug-likeness (QED) is 0.871. The summed E-state index contributed by atoms with van der Waals surface area (Å²) in [5.74, 6) is 0.0976. The molecule has 1 amide bonds. The number of amides is 1. The van der Waals surface area contributed by atoms with Gasteiger partial charge in [0.05, 0.1) is 0 Å². The number of benzene rings is 1. The minimum atomic E-state index is -0.961. The van der Waals surface area contributed by atoms with Crippen LogP contribution in [0.4, 0.5) is 0 Å². The molecule has 114 valence electrons. The largest absolute Gasteiger partial charge is 0.341 e. The summed E-state index contributed by atoms with van der Waals surface area (Å²) < 4.78 is 11.3. The van der Waals surface area contributed by atoms with Crippen molar-refractivity contribution in [2.75, 3.05) is 13.3 Å². The monoisotopic (exact) mass is 318 g/mol. The van der Waals surface area contributed by atoms with Gasteiger partial charge in [0.2, 0.25) is 5.91 Å². The van der Waals surface area contributed by atoms with Crippen LogP contribution in [0.5, 0.6) is 0 Å². The molecule has 0 aromatic heterocycles. The summed E-state index contributed by atoms with van der Waals surface area (Å²) in [5, 5.41) is 0. The summed E-state index contributed by atoms with van der Waals surface area (Å²) in [5.41, 5.74) is 6.67. The van der Waals surface area contributed by atoms with Gasteiger partial charge in [-0.3, -0.25) is 9.00 Å². The molecular weight excluding hydrogens is 296 g/mol. The maximum atomic E-state index is 11.8. The van der Waals surface area contributed by atoms with E-state index in [-0.39, 0.29) is 24.4 Å². The molecule has 0 aliphatic carbocycles. The highest BCUT2D eigenvalue weighted by molar-refractivity contribution is 7.84. The molecule has 2 N–H and O–H groups in total. The van der Waals surface area contributed by atoms with E-state index in [0.717, 1.165) is 10.5 Å². The Morgan fingerprint density at radius 2 is 1.90 bits per heavy atom. The number of hydrogen-bond acceptors (Lipinski definition) is 3. The van der Waals surface area contributed by atoms with Gasteiger partial charge < -0.3 is 10.6 Å². The van der Waals surface area contributed by atoms with Crippen molar-refractivity contribution in [3.05, 3.63) is 29.8 Å². The Balaban J connectivity index is 0.00000361. The van der Waals surface area contributed by atoms with Crippen LogP contribution in [0.1, 0.15) is 25.3 Å². The van der Waals surface area contributed by atoms with E-state index in [4.69, 9.17) is 5.73 Å². The van der Waals surface area contributed by atoms with Gasteiger partial charge in [-0.05, 0) is 31.0 Å². The Morgan fingerprint density at radius 1 is 1.35 bits per heavy atom. The van der Waals surface area contributed by atoms with Crippen molar-refractivity contribution in [3.8, 4) is 0 Å². The second-order valence-electron chi connectivity index (χ2n) is 4.86. The highest BCUT2D eigenvalue weighted by Gasteiger charge is 2.10. The SMILES string of the molecule is CC(N)CCC(=O)N(C)Cc1ccc(S(C)=O)cc1.Cl. The third kappa shape index (κ3) is 6.50. The lowest BCUT2D eigenvalue weighted by atomic mass is 10.1. The summed E-state index contributed by atoms with van der Waals surface area (Å²) in [7, 11) is 0.826. The van der Waals surface area contributed by atoms with Gasteiger partial charge >= 0.3 is 0 Å². The van der Waals surface area contributed by atoms with Gasteiger partial charge in [-0.15, -0.1) is 12.4 Å². The van der Waals surface area contributed by atoms with Crippen molar-refractivity contribution in [2.24, 2.45) is 5.73 Å². The lowest BCUT2D eigenvalue weighted by Crippen LogP contribution is -2.27. The molecule has 1 aromatic rings. The summed E-state index contributed by atoms with van der Waals surface area (Å²) in [6.07, 6.45) is 2.83. The molecule has 0 aliphatic rings. The fourth-order valence-corrected chi connectivity index (χ4v) is 2.21.